The van der Waals surface area contributed by atoms with E-state index in [1.54, 1.807) is 12.3 Å². The fraction of sp³-hybridized carbons (Fsp3) is 0.643. The minimum absolute atomic E-state index is 0.0255. The van der Waals surface area contributed by atoms with Gasteiger partial charge in [-0.3, -0.25) is 15.1 Å². The maximum absolute atomic E-state index is 11.1. The SMILES string of the molecule is CCCNC(CC)C(C)c1ncc(C)cc1[N+](=O)[O-]. The van der Waals surface area contributed by atoms with E-state index in [-0.39, 0.29) is 22.6 Å². The Bertz CT molecular complexity index is 435. The zero-order chi connectivity index (χ0) is 14.4. The molecule has 1 heterocycles. The van der Waals surface area contributed by atoms with E-state index in [2.05, 4.69) is 24.1 Å². The highest BCUT2D eigenvalue weighted by Gasteiger charge is 2.26. The van der Waals surface area contributed by atoms with Crippen molar-refractivity contribution in [1.29, 1.82) is 0 Å². The monoisotopic (exact) mass is 265 g/mol. The minimum Gasteiger partial charge on any atom is -0.313 e. The molecule has 5 heteroatoms. The molecule has 0 amide bonds. The molecule has 0 aliphatic rings. The quantitative estimate of drug-likeness (QED) is 0.607. The van der Waals surface area contributed by atoms with Crippen molar-refractivity contribution in [3.8, 4) is 0 Å². The first-order valence-electron chi connectivity index (χ1n) is 6.85. The maximum Gasteiger partial charge on any atom is 0.291 e. The van der Waals surface area contributed by atoms with Gasteiger partial charge in [-0.05, 0) is 31.9 Å². The maximum atomic E-state index is 11.1. The van der Waals surface area contributed by atoms with Crippen LogP contribution in [-0.4, -0.2) is 22.5 Å². The molecule has 0 spiro atoms. The van der Waals surface area contributed by atoms with Crippen LogP contribution < -0.4 is 5.32 Å². The molecule has 1 rings (SSSR count). The molecular weight excluding hydrogens is 242 g/mol. The molecular formula is C14H23N3O2. The fourth-order valence-corrected chi connectivity index (χ4v) is 2.26. The minimum atomic E-state index is -0.335. The third-order valence-corrected chi connectivity index (χ3v) is 3.36. The van der Waals surface area contributed by atoms with E-state index in [1.165, 1.54) is 0 Å². The third kappa shape index (κ3) is 3.99. The largest absolute Gasteiger partial charge is 0.313 e. The number of hydrogen-bond acceptors (Lipinski definition) is 4. The van der Waals surface area contributed by atoms with Crippen LogP contribution in [0.2, 0.25) is 0 Å². The van der Waals surface area contributed by atoms with Crippen LogP contribution >= 0.6 is 0 Å². The first-order chi connectivity index (χ1) is 9.01. The van der Waals surface area contributed by atoms with Crippen LogP contribution in [0.5, 0.6) is 0 Å². The normalized spacial score (nSPS) is 14.1. The molecule has 1 aromatic rings. The molecule has 1 N–H and O–H groups in total. The number of hydrogen-bond donors (Lipinski definition) is 1. The molecule has 19 heavy (non-hydrogen) atoms. The lowest BCUT2D eigenvalue weighted by atomic mass is 9.94. The molecule has 0 bridgehead atoms. The summed E-state index contributed by atoms with van der Waals surface area (Å²) in [5, 5.41) is 14.6. The number of nitrogens with zero attached hydrogens (tertiary/aromatic N) is 2. The number of nitrogens with one attached hydrogen (secondary N) is 1. The van der Waals surface area contributed by atoms with Crippen molar-refractivity contribution >= 4 is 5.69 Å². The molecule has 2 atom stereocenters. The van der Waals surface area contributed by atoms with Gasteiger partial charge in [0, 0.05) is 24.2 Å². The van der Waals surface area contributed by atoms with Gasteiger partial charge in [0.25, 0.3) is 5.69 Å². The highest BCUT2D eigenvalue weighted by molar-refractivity contribution is 5.40. The average molecular weight is 265 g/mol. The molecule has 0 radical (unpaired) electrons. The Morgan fingerprint density at radius 2 is 2.16 bits per heavy atom. The Morgan fingerprint density at radius 3 is 2.68 bits per heavy atom. The lowest BCUT2D eigenvalue weighted by molar-refractivity contribution is -0.386. The molecule has 1 aromatic heterocycles. The zero-order valence-electron chi connectivity index (χ0n) is 12.1. The second kappa shape index (κ2) is 7.19. The lowest BCUT2D eigenvalue weighted by Crippen LogP contribution is -2.34. The van der Waals surface area contributed by atoms with E-state index in [4.69, 9.17) is 0 Å². The van der Waals surface area contributed by atoms with Gasteiger partial charge in [0.05, 0.1) is 4.92 Å². The fourth-order valence-electron chi connectivity index (χ4n) is 2.26. The molecule has 106 valence electrons. The number of aromatic nitrogens is 1. The highest BCUT2D eigenvalue weighted by atomic mass is 16.6. The van der Waals surface area contributed by atoms with Crippen molar-refractivity contribution in [1.82, 2.24) is 10.3 Å². The Labute approximate surface area is 114 Å². The van der Waals surface area contributed by atoms with Gasteiger partial charge in [0.2, 0.25) is 0 Å². The van der Waals surface area contributed by atoms with Gasteiger partial charge in [-0.1, -0.05) is 20.8 Å². The van der Waals surface area contributed by atoms with Crippen LogP contribution in [0, 0.1) is 17.0 Å². The van der Waals surface area contributed by atoms with Gasteiger partial charge < -0.3 is 5.32 Å². The summed E-state index contributed by atoms with van der Waals surface area (Å²) in [6.07, 6.45) is 3.67. The Morgan fingerprint density at radius 1 is 1.47 bits per heavy atom. The Balaban J connectivity index is 3.03. The van der Waals surface area contributed by atoms with Crippen LogP contribution in [0.15, 0.2) is 12.3 Å². The van der Waals surface area contributed by atoms with Crippen LogP contribution in [0.25, 0.3) is 0 Å². The van der Waals surface area contributed by atoms with Crippen LogP contribution in [0.1, 0.15) is 50.8 Å². The topological polar surface area (TPSA) is 68.1 Å². The predicted octanol–water partition coefficient (Wildman–Crippen LogP) is 3.18. The summed E-state index contributed by atoms with van der Waals surface area (Å²) in [6.45, 7) is 8.94. The van der Waals surface area contributed by atoms with Crippen LogP contribution in [0.4, 0.5) is 5.69 Å². The Kier molecular flexibility index (Phi) is 5.89. The summed E-state index contributed by atoms with van der Waals surface area (Å²) in [4.78, 5) is 15.1. The van der Waals surface area contributed by atoms with E-state index in [1.807, 2.05) is 13.8 Å². The molecule has 0 saturated heterocycles. The van der Waals surface area contributed by atoms with Gasteiger partial charge in [-0.15, -0.1) is 0 Å². The standard InChI is InChI=1S/C14H23N3O2/c1-5-7-15-12(6-2)11(4)14-13(17(18)19)8-10(3)9-16-14/h8-9,11-12,15H,5-7H2,1-4H3. The molecule has 2 unspecified atom stereocenters. The van der Waals surface area contributed by atoms with E-state index in [9.17, 15) is 10.1 Å². The molecule has 0 fully saturated rings. The van der Waals surface area contributed by atoms with Crippen LogP contribution in [-0.2, 0) is 0 Å². The smallest absolute Gasteiger partial charge is 0.291 e. The highest BCUT2D eigenvalue weighted by Crippen LogP contribution is 2.28. The van der Waals surface area contributed by atoms with Crippen molar-refractivity contribution in [2.75, 3.05) is 6.54 Å². The van der Waals surface area contributed by atoms with E-state index >= 15 is 0 Å². The van der Waals surface area contributed by atoms with Gasteiger partial charge in [0.1, 0.15) is 5.69 Å². The van der Waals surface area contributed by atoms with Gasteiger partial charge in [-0.25, -0.2) is 0 Å². The molecule has 0 aliphatic carbocycles. The summed E-state index contributed by atoms with van der Waals surface area (Å²) in [6, 6.07) is 1.82. The van der Waals surface area contributed by atoms with Crippen molar-refractivity contribution in [2.24, 2.45) is 0 Å². The van der Waals surface area contributed by atoms with Crippen molar-refractivity contribution in [2.45, 2.75) is 52.5 Å². The van der Waals surface area contributed by atoms with Crippen LogP contribution in [0.3, 0.4) is 0 Å². The molecule has 0 aromatic carbocycles. The van der Waals surface area contributed by atoms with E-state index in [0.29, 0.717) is 5.69 Å². The average Bonchev–Trinajstić information content (AvgIpc) is 2.39. The van der Waals surface area contributed by atoms with E-state index in [0.717, 1.165) is 24.9 Å². The first kappa shape index (κ1) is 15.6. The summed E-state index contributed by atoms with van der Waals surface area (Å²) >= 11 is 0. The van der Waals surface area contributed by atoms with Crippen molar-refractivity contribution in [3.63, 3.8) is 0 Å². The predicted molar refractivity (Wildman–Crippen MR) is 76.4 cm³/mol. The molecule has 0 aliphatic heterocycles. The Hall–Kier alpha value is -1.49. The van der Waals surface area contributed by atoms with E-state index < -0.39 is 0 Å². The summed E-state index contributed by atoms with van der Waals surface area (Å²) < 4.78 is 0. The zero-order valence-corrected chi connectivity index (χ0v) is 12.1. The van der Waals surface area contributed by atoms with Crippen molar-refractivity contribution in [3.05, 3.63) is 33.6 Å². The lowest BCUT2D eigenvalue weighted by Gasteiger charge is -2.23. The second-order valence-corrected chi connectivity index (χ2v) is 4.93. The first-order valence-corrected chi connectivity index (χ1v) is 6.85. The van der Waals surface area contributed by atoms with Gasteiger partial charge >= 0.3 is 0 Å². The third-order valence-electron chi connectivity index (χ3n) is 3.36. The van der Waals surface area contributed by atoms with Crippen molar-refractivity contribution < 1.29 is 4.92 Å². The molecule has 0 saturated carbocycles. The number of rotatable bonds is 7. The summed E-state index contributed by atoms with van der Waals surface area (Å²) in [5.41, 5.74) is 1.52. The molecule has 5 nitrogen and oxygen atoms in total. The number of pyridine rings is 1. The van der Waals surface area contributed by atoms with Gasteiger partial charge in [-0.2, -0.15) is 0 Å². The number of aryl methyl sites for hydroxylation is 1. The van der Waals surface area contributed by atoms with Gasteiger partial charge in [0.15, 0.2) is 0 Å². The summed E-state index contributed by atoms with van der Waals surface area (Å²) in [7, 11) is 0. The second-order valence-electron chi connectivity index (χ2n) is 4.93. The summed E-state index contributed by atoms with van der Waals surface area (Å²) in [5.74, 6) is 0.0255. The number of nitro groups is 1.